The average Bonchev–Trinajstić information content (AvgIpc) is 3.40. The second-order valence-electron chi connectivity index (χ2n) is 12.4. The summed E-state index contributed by atoms with van der Waals surface area (Å²) < 4.78 is 74.7. The minimum Gasteiger partial charge on any atom is -0.490 e. The summed E-state index contributed by atoms with van der Waals surface area (Å²) in [5.41, 5.74) is 0.423. The third-order valence-corrected chi connectivity index (χ3v) is 11.9. The molecule has 0 radical (unpaired) electrons. The molecule has 0 fully saturated rings. The van der Waals surface area contributed by atoms with Crippen LogP contribution in [0.2, 0.25) is 0 Å². The third kappa shape index (κ3) is 8.74. The van der Waals surface area contributed by atoms with E-state index in [1.807, 2.05) is 13.8 Å². The molecule has 0 unspecified atom stereocenters. The number of fused-ring (bicyclic) bond motifs is 1. The van der Waals surface area contributed by atoms with E-state index in [9.17, 15) is 26.7 Å². The number of carbonyl (C=O) groups is 1. The third-order valence-electron chi connectivity index (χ3n) is 8.43. The first kappa shape index (κ1) is 37.3. The number of nitrogens with one attached hydrogen (secondary N) is 1. The summed E-state index contributed by atoms with van der Waals surface area (Å²) in [4.78, 5) is 15.9. The number of rotatable bonds is 9. The molecule has 3 aromatic rings. The van der Waals surface area contributed by atoms with Gasteiger partial charge in [0.2, 0.25) is 10.0 Å². The van der Waals surface area contributed by atoms with Crippen LogP contribution in [0.15, 0.2) is 62.8 Å². The number of anilines is 1. The number of benzene rings is 2. The minimum absolute atomic E-state index is 0.0393. The second-order valence-corrected chi connectivity index (χ2v) is 16.0. The van der Waals surface area contributed by atoms with Crippen LogP contribution in [-0.2, 0) is 24.8 Å². The van der Waals surface area contributed by atoms with Crippen molar-refractivity contribution in [2.45, 2.75) is 81.9 Å². The Labute approximate surface area is 283 Å². The molecule has 13 nitrogen and oxygen atoms in total. The van der Waals surface area contributed by atoms with Gasteiger partial charge in [-0.25, -0.2) is 16.8 Å². The fourth-order valence-electron chi connectivity index (χ4n) is 5.64. The number of sulfonamides is 2. The van der Waals surface area contributed by atoms with E-state index in [1.165, 1.54) is 54.4 Å². The lowest BCUT2D eigenvalue weighted by atomic mass is 10.0. The smallest absolute Gasteiger partial charge is 0.267 e. The van der Waals surface area contributed by atoms with E-state index < -0.39 is 38.1 Å². The van der Waals surface area contributed by atoms with Gasteiger partial charge in [0.25, 0.3) is 15.9 Å². The number of carbonyl (C=O) groups excluding carboxylic acids is 1. The lowest BCUT2D eigenvalue weighted by Crippen LogP contribution is -2.48. The van der Waals surface area contributed by atoms with E-state index in [-0.39, 0.29) is 70.0 Å². The Bertz CT molecular complexity index is 1740. The number of amides is 1. The van der Waals surface area contributed by atoms with Crippen molar-refractivity contribution in [1.29, 1.82) is 0 Å². The van der Waals surface area contributed by atoms with Crippen molar-refractivity contribution in [2.75, 3.05) is 38.1 Å². The number of hydrogen-bond donors (Lipinski definition) is 2. The molecule has 0 aliphatic carbocycles. The highest BCUT2D eigenvalue weighted by Gasteiger charge is 2.33. The van der Waals surface area contributed by atoms with Crippen LogP contribution in [0, 0.1) is 19.8 Å². The standard InChI is InChI=1S/C33H46N4O9S2/c1-22-19-37(23(2)21-38)33(39)29-18-27(35-47(40,41)32-25(4)34-46-26(32)5)15-16-30(29)45-24(3)12-10-11-17-44-31(22)20-36(6)48(42,43)28-13-8-7-9-14-28/h7-9,13-16,18,22-24,31,35,38H,10-12,17,19-21H2,1-6H3/t22-,23-,24-,31-/m0/s1. The number of aryl methyl sites for hydroxylation is 2. The van der Waals surface area contributed by atoms with Crippen LogP contribution < -0.4 is 9.46 Å². The molecule has 1 aliphatic rings. The molecule has 2 heterocycles. The van der Waals surface area contributed by atoms with Gasteiger partial charge < -0.3 is 24.0 Å². The zero-order valence-electron chi connectivity index (χ0n) is 28.2. The van der Waals surface area contributed by atoms with Crippen LogP contribution in [0.1, 0.15) is 61.8 Å². The van der Waals surface area contributed by atoms with Gasteiger partial charge in [-0.1, -0.05) is 30.3 Å². The van der Waals surface area contributed by atoms with Gasteiger partial charge in [-0.05, 0) is 77.3 Å². The first-order valence-corrected chi connectivity index (χ1v) is 18.9. The summed E-state index contributed by atoms with van der Waals surface area (Å²) in [5.74, 6) is -0.467. The van der Waals surface area contributed by atoms with Crippen molar-refractivity contribution in [1.82, 2.24) is 14.4 Å². The Kier molecular flexibility index (Phi) is 12.3. The number of aromatic nitrogens is 1. The van der Waals surface area contributed by atoms with Crippen molar-refractivity contribution in [2.24, 2.45) is 5.92 Å². The predicted octanol–water partition coefficient (Wildman–Crippen LogP) is 4.21. The molecular weight excluding hydrogens is 661 g/mol. The van der Waals surface area contributed by atoms with Gasteiger partial charge in [0.15, 0.2) is 10.7 Å². The average molecular weight is 707 g/mol. The van der Waals surface area contributed by atoms with Crippen LogP contribution in [0.25, 0.3) is 0 Å². The Hall–Kier alpha value is -3.50. The lowest BCUT2D eigenvalue weighted by Gasteiger charge is -2.35. The van der Waals surface area contributed by atoms with Gasteiger partial charge in [0.1, 0.15) is 11.4 Å². The molecule has 1 aromatic heterocycles. The van der Waals surface area contributed by atoms with Crippen LogP contribution >= 0.6 is 0 Å². The quantitative estimate of drug-likeness (QED) is 0.329. The molecule has 0 saturated carbocycles. The van der Waals surface area contributed by atoms with E-state index in [0.717, 1.165) is 6.42 Å². The van der Waals surface area contributed by atoms with Crippen molar-refractivity contribution in [3.05, 3.63) is 65.5 Å². The Balaban J connectivity index is 1.69. The molecule has 1 amide bonds. The normalized spacial score (nSPS) is 20.9. The van der Waals surface area contributed by atoms with E-state index in [0.29, 0.717) is 19.4 Å². The molecule has 2 aromatic carbocycles. The highest BCUT2D eigenvalue weighted by atomic mass is 32.2. The first-order chi connectivity index (χ1) is 22.6. The fourth-order valence-corrected chi connectivity index (χ4v) is 8.22. The summed E-state index contributed by atoms with van der Waals surface area (Å²) in [7, 11) is -6.41. The monoisotopic (exact) mass is 706 g/mol. The molecule has 1 aliphatic heterocycles. The minimum atomic E-state index is -4.11. The number of likely N-dealkylation sites (N-methyl/N-ethyl adjacent to an activating group) is 1. The number of hydrogen-bond acceptors (Lipinski definition) is 10. The van der Waals surface area contributed by atoms with E-state index in [4.69, 9.17) is 14.0 Å². The molecule has 0 bridgehead atoms. The molecule has 48 heavy (non-hydrogen) atoms. The highest BCUT2D eigenvalue weighted by molar-refractivity contribution is 7.92. The summed E-state index contributed by atoms with van der Waals surface area (Å²) in [5, 5.41) is 14.0. The number of nitrogens with zero attached hydrogens (tertiary/aromatic N) is 3. The van der Waals surface area contributed by atoms with Crippen molar-refractivity contribution < 1.29 is 40.7 Å². The van der Waals surface area contributed by atoms with Crippen LogP contribution in [0.5, 0.6) is 5.75 Å². The summed E-state index contributed by atoms with van der Waals surface area (Å²) in [6.45, 7) is 8.66. The van der Waals surface area contributed by atoms with E-state index >= 15 is 0 Å². The zero-order valence-corrected chi connectivity index (χ0v) is 29.9. The molecular formula is C33H46N4O9S2. The van der Waals surface area contributed by atoms with E-state index in [1.54, 1.807) is 31.2 Å². The van der Waals surface area contributed by atoms with E-state index in [2.05, 4.69) is 9.88 Å². The topological polar surface area (TPSA) is 169 Å². The van der Waals surface area contributed by atoms with Gasteiger partial charge in [-0.15, -0.1) is 0 Å². The Morgan fingerprint density at radius 3 is 2.44 bits per heavy atom. The number of aliphatic hydroxyl groups is 1. The molecule has 4 atom stereocenters. The maximum atomic E-state index is 14.4. The predicted molar refractivity (Wildman–Crippen MR) is 180 cm³/mol. The zero-order chi connectivity index (χ0) is 35.2. The number of ether oxygens (including phenoxy) is 2. The summed E-state index contributed by atoms with van der Waals surface area (Å²) >= 11 is 0. The van der Waals surface area contributed by atoms with Gasteiger partial charge >= 0.3 is 0 Å². The van der Waals surface area contributed by atoms with Gasteiger partial charge in [-0.3, -0.25) is 9.52 Å². The van der Waals surface area contributed by atoms with Crippen LogP contribution in [0.4, 0.5) is 5.69 Å². The fraction of sp³-hybridized carbons (Fsp3) is 0.515. The summed E-state index contributed by atoms with van der Waals surface area (Å²) in [6.07, 6.45) is 1.24. The number of aliphatic hydroxyl groups excluding tert-OH is 1. The van der Waals surface area contributed by atoms with Crippen LogP contribution in [0.3, 0.4) is 0 Å². The largest absolute Gasteiger partial charge is 0.490 e. The van der Waals surface area contributed by atoms with Gasteiger partial charge in [0, 0.05) is 38.3 Å². The van der Waals surface area contributed by atoms with Gasteiger partial charge in [0.05, 0.1) is 35.3 Å². The van der Waals surface area contributed by atoms with Gasteiger partial charge in [-0.2, -0.15) is 4.31 Å². The maximum absolute atomic E-state index is 14.4. The van der Waals surface area contributed by atoms with Crippen LogP contribution in [-0.4, -0.2) is 93.8 Å². The van der Waals surface area contributed by atoms with Crippen molar-refractivity contribution in [3.63, 3.8) is 0 Å². The molecule has 4 rings (SSSR count). The second kappa shape index (κ2) is 15.8. The maximum Gasteiger partial charge on any atom is 0.267 e. The Morgan fingerprint density at radius 2 is 1.79 bits per heavy atom. The highest BCUT2D eigenvalue weighted by Crippen LogP contribution is 2.30. The van der Waals surface area contributed by atoms with Crippen molar-refractivity contribution in [3.8, 4) is 5.75 Å². The SMILES string of the molecule is Cc1noc(C)c1S(=O)(=O)Nc1ccc2c(c1)C(=O)N([C@@H](C)CO)C[C@H](C)[C@H](CN(C)S(=O)(=O)c1ccccc1)OCCCC[C@H](C)O2. The summed E-state index contributed by atoms with van der Waals surface area (Å²) in [6, 6.07) is 12.0. The molecule has 264 valence electrons. The molecule has 0 saturated heterocycles. The molecule has 15 heteroatoms. The Morgan fingerprint density at radius 1 is 1.08 bits per heavy atom. The van der Waals surface area contributed by atoms with Crippen molar-refractivity contribution >= 4 is 31.6 Å². The first-order valence-electron chi connectivity index (χ1n) is 16.0. The lowest BCUT2D eigenvalue weighted by molar-refractivity contribution is -0.00833. The molecule has 2 N–H and O–H groups in total. The molecule has 0 spiro atoms.